The summed E-state index contributed by atoms with van der Waals surface area (Å²) in [5, 5.41) is 0. The molecule has 0 amide bonds. The quantitative estimate of drug-likeness (QED) is 0.707. The van der Waals surface area contributed by atoms with Crippen LogP contribution in [0.1, 0.15) is 0 Å². The van der Waals surface area contributed by atoms with E-state index in [0.717, 1.165) is 5.56 Å². The Balaban J connectivity index is 2.19. The number of imidazole rings is 1. The summed E-state index contributed by atoms with van der Waals surface area (Å²) in [5.74, 6) is 0.628. The van der Waals surface area contributed by atoms with Gasteiger partial charge in [-0.25, -0.2) is 13.4 Å². The van der Waals surface area contributed by atoms with Crippen LogP contribution in [0.3, 0.4) is 0 Å². The van der Waals surface area contributed by atoms with E-state index >= 15 is 0 Å². The van der Waals surface area contributed by atoms with Gasteiger partial charge in [-0.3, -0.25) is 0 Å². The zero-order valence-electron chi connectivity index (χ0n) is 10.8. The van der Waals surface area contributed by atoms with Crippen molar-refractivity contribution < 1.29 is 8.42 Å². The number of aromatic nitrogens is 2. The van der Waals surface area contributed by atoms with Gasteiger partial charge >= 0.3 is 0 Å². The van der Waals surface area contributed by atoms with Gasteiger partial charge < -0.3 is 10.7 Å². The number of benzene rings is 2. The summed E-state index contributed by atoms with van der Waals surface area (Å²) in [6.45, 7) is 0. The summed E-state index contributed by atoms with van der Waals surface area (Å²) in [6, 6.07) is 12.2. The van der Waals surface area contributed by atoms with Crippen molar-refractivity contribution in [3.8, 4) is 11.4 Å². The monoisotopic (exact) mass is 287 g/mol. The zero-order valence-corrected chi connectivity index (χ0v) is 11.6. The van der Waals surface area contributed by atoms with E-state index in [1.54, 1.807) is 24.3 Å². The molecule has 6 heteroatoms. The van der Waals surface area contributed by atoms with Gasteiger partial charge in [0, 0.05) is 17.5 Å². The van der Waals surface area contributed by atoms with Crippen molar-refractivity contribution in [2.24, 2.45) is 0 Å². The van der Waals surface area contributed by atoms with E-state index in [4.69, 9.17) is 5.73 Å². The van der Waals surface area contributed by atoms with Gasteiger partial charge in [-0.05, 0) is 30.3 Å². The zero-order chi connectivity index (χ0) is 14.3. The van der Waals surface area contributed by atoms with Crippen molar-refractivity contribution in [1.82, 2.24) is 9.97 Å². The number of nitrogen functional groups attached to an aromatic ring is 1. The van der Waals surface area contributed by atoms with Crippen LogP contribution in [0.5, 0.6) is 0 Å². The summed E-state index contributed by atoms with van der Waals surface area (Å²) in [6.07, 6.45) is 1.18. The molecule has 3 N–H and O–H groups in total. The van der Waals surface area contributed by atoms with Crippen molar-refractivity contribution in [3.05, 3.63) is 42.5 Å². The number of nitrogens with one attached hydrogen (secondary N) is 1. The molecule has 0 atom stereocenters. The van der Waals surface area contributed by atoms with E-state index in [2.05, 4.69) is 9.97 Å². The Hall–Kier alpha value is -2.34. The molecular weight excluding hydrogens is 274 g/mol. The van der Waals surface area contributed by atoms with E-state index in [-0.39, 0.29) is 4.90 Å². The van der Waals surface area contributed by atoms with E-state index in [1.165, 1.54) is 6.26 Å². The van der Waals surface area contributed by atoms with Crippen LogP contribution in [0.15, 0.2) is 47.4 Å². The third kappa shape index (κ3) is 2.14. The highest BCUT2D eigenvalue weighted by atomic mass is 32.2. The Morgan fingerprint density at radius 1 is 1.15 bits per heavy atom. The van der Waals surface area contributed by atoms with Crippen LogP contribution in [0, 0.1) is 0 Å². The molecule has 102 valence electrons. The number of hydrogen-bond acceptors (Lipinski definition) is 4. The number of para-hydroxylation sites is 1. The smallest absolute Gasteiger partial charge is 0.175 e. The topological polar surface area (TPSA) is 88.8 Å². The van der Waals surface area contributed by atoms with Gasteiger partial charge in [0.05, 0.1) is 15.9 Å². The lowest BCUT2D eigenvalue weighted by Crippen LogP contribution is -1.96. The fraction of sp³-hybridized carbons (Fsp3) is 0.0714. The maximum Gasteiger partial charge on any atom is 0.175 e. The second kappa shape index (κ2) is 4.35. The molecule has 0 radical (unpaired) electrons. The van der Waals surface area contributed by atoms with Crippen molar-refractivity contribution in [3.63, 3.8) is 0 Å². The first-order chi connectivity index (χ1) is 9.45. The third-order valence-electron chi connectivity index (χ3n) is 3.10. The molecule has 0 unspecified atom stereocenters. The minimum Gasteiger partial charge on any atom is -0.398 e. The van der Waals surface area contributed by atoms with E-state index in [0.29, 0.717) is 22.5 Å². The first kappa shape index (κ1) is 12.7. The number of H-pyrrole nitrogens is 1. The second-order valence-corrected chi connectivity index (χ2v) is 6.64. The van der Waals surface area contributed by atoms with Gasteiger partial charge in [0.1, 0.15) is 5.82 Å². The second-order valence-electron chi connectivity index (χ2n) is 4.62. The van der Waals surface area contributed by atoms with Crippen LogP contribution < -0.4 is 5.73 Å². The molecule has 3 rings (SSSR count). The molecule has 0 saturated carbocycles. The molecular formula is C14H13N3O2S. The minimum atomic E-state index is -3.23. The number of fused-ring (bicyclic) bond motifs is 1. The van der Waals surface area contributed by atoms with Gasteiger partial charge in [-0.1, -0.05) is 12.1 Å². The molecule has 0 spiro atoms. The highest BCUT2D eigenvalue weighted by Crippen LogP contribution is 2.26. The fourth-order valence-electron chi connectivity index (χ4n) is 2.06. The summed E-state index contributed by atoms with van der Waals surface area (Å²) in [4.78, 5) is 7.81. The SMILES string of the molecule is CS(=O)(=O)c1ccc2nc(-c3ccccc3N)[nH]c2c1. The van der Waals surface area contributed by atoms with Crippen LogP contribution in [-0.4, -0.2) is 24.6 Å². The average molecular weight is 287 g/mol. The molecule has 1 heterocycles. The number of anilines is 1. The van der Waals surface area contributed by atoms with Crippen LogP contribution in [0.4, 0.5) is 5.69 Å². The number of rotatable bonds is 2. The van der Waals surface area contributed by atoms with Crippen molar-refractivity contribution in [1.29, 1.82) is 0 Å². The van der Waals surface area contributed by atoms with Crippen LogP contribution in [-0.2, 0) is 9.84 Å². The minimum absolute atomic E-state index is 0.265. The van der Waals surface area contributed by atoms with Crippen molar-refractivity contribution >= 4 is 26.6 Å². The first-order valence-corrected chi connectivity index (χ1v) is 7.89. The molecule has 0 saturated heterocycles. The van der Waals surface area contributed by atoms with E-state index in [9.17, 15) is 8.42 Å². The lowest BCUT2D eigenvalue weighted by molar-refractivity contribution is 0.602. The van der Waals surface area contributed by atoms with Crippen molar-refractivity contribution in [2.75, 3.05) is 12.0 Å². The molecule has 0 fully saturated rings. The van der Waals surface area contributed by atoms with Gasteiger partial charge in [0.2, 0.25) is 0 Å². The van der Waals surface area contributed by atoms with Crippen LogP contribution in [0.2, 0.25) is 0 Å². The average Bonchev–Trinajstić information content (AvgIpc) is 2.80. The molecule has 0 bridgehead atoms. The number of nitrogens with two attached hydrogens (primary N) is 1. The number of aromatic amines is 1. The van der Waals surface area contributed by atoms with E-state index in [1.807, 2.05) is 18.2 Å². The summed E-state index contributed by atoms with van der Waals surface area (Å²) >= 11 is 0. The molecule has 5 nitrogen and oxygen atoms in total. The van der Waals surface area contributed by atoms with Crippen molar-refractivity contribution in [2.45, 2.75) is 4.90 Å². The summed E-state index contributed by atoms with van der Waals surface area (Å²) < 4.78 is 23.1. The summed E-state index contributed by atoms with van der Waals surface area (Å²) in [7, 11) is -3.23. The highest BCUT2D eigenvalue weighted by molar-refractivity contribution is 7.90. The van der Waals surface area contributed by atoms with E-state index < -0.39 is 9.84 Å². The predicted octanol–water partition coefficient (Wildman–Crippen LogP) is 2.22. The predicted molar refractivity (Wildman–Crippen MR) is 79.1 cm³/mol. The van der Waals surface area contributed by atoms with Gasteiger partial charge in [0.25, 0.3) is 0 Å². The molecule has 0 aliphatic heterocycles. The van der Waals surface area contributed by atoms with Gasteiger partial charge in [-0.15, -0.1) is 0 Å². The molecule has 1 aromatic heterocycles. The maximum absolute atomic E-state index is 11.6. The van der Waals surface area contributed by atoms with Crippen LogP contribution in [0.25, 0.3) is 22.4 Å². The Bertz CT molecular complexity index is 898. The van der Waals surface area contributed by atoms with Crippen LogP contribution >= 0.6 is 0 Å². The van der Waals surface area contributed by atoms with Gasteiger partial charge in [0.15, 0.2) is 9.84 Å². The Morgan fingerprint density at radius 2 is 1.90 bits per heavy atom. The molecule has 20 heavy (non-hydrogen) atoms. The first-order valence-electron chi connectivity index (χ1n) is 6.00. The Labute approximate surface area is 116 Å². The molecule has 0 aliphatic carbocycles. The molecule has 0 aliphatic rings. The summed E-state index contributed by atoms with van der Waals surface area (Å²) in [5.41, 5.74) is 8.71. The molecule has 3 aromatic rings. The fourth-order valence-corrected chi connectivity index (χ4v) is 2.71. The maximum atomic E-state index is 11.6. The van der Waals surface area contributed by atoms with Gasteiger partial charge in [-0.2, -0.15) is 0 Å². The molecule has 2 aromatic carbocycles. The number of hydrogen-bond donors (Lipinski definition) is 2. The standard InChI is InChI=1S/C14H13N3O2S/c1-20(18,19)9-6-7-12-13(8-9)17-14(16-12)10-4-2-3-5-11(10)15/h2-8H,15H2,1H3,(H,16,17). The lowest BCUT2D eigenvalue weighted by atomic mass is 10.2. The normalized spacial score (nSPS) is 11.8. The largest absolute Gasteiger partial charge is 0.398 e. The number of sulfone groups is 1. The Morgan fingerprint density at radius 3 is 2.60 bits per heavy atom. The number of nitrogens with zero attached hydrogens (tertiary/aromatic N) is 1. The highest BCUT2D eigenvalue weighted by Gasteiger charge is 2.11. The third-order valence-corrected chi connectivity index (χ3v) is 4.21. The lowest BCUT2D eigenvalue weighted by Gasteiger charge is -2.00. The Kier molecular flexibility index (Phi) is 2.76.